The van der Waals surface area contributed by atoms with Crippen LogP contribution in [0.15, 0.2) is 85.5 Å². The van der Waals surface area contributed by atoms with Crippen LogP contribution >= 0.6 is 0 Å². The molecule has 3 rings (SSSR count). The second kappa shape index (κ2) is 8.60. The first-order chi connectivity index (χ1) is 13.4. The Bertz CT molecular complexity index is 753. The van der Waals surface area contributed by atoms with Crippen LogP contribution in [0, 0.1) is 0 Å². The topological polar surface area (TPSA) is 18.5 Å². The average molecular weight is 393 g/mol. The predicted molar refractivity (Wildman–Crippen MR) is 121 cm³/mol. The second-order valence-electron chi connectivity index (χ2n) is 8.61. The summed E-state index contributed by atoms with van der Waals surface area (Å²) in [6, 6.07) is 21.5. The Balaban J connectivity index is 1.95. The molecule has 0 aliphatic carbocycles. The molecule has 1 saturated heterocycles. The van der Waals surface area contributed by atoms with Crippen LogP contribution in [0.2, 0.25) is 5.04 Å². The molecule has 0 saturated carbocycles. The van der Waals surface area contributed by atoms with Crippen molar-refractivity contribution in [2.24, 2.45) is 0 Å². The minimum Gasteiger partial charge on any atom is -0.405 e. The smallest absolute Gasteiger partial charge is 0.261 e. The van der Waals surface area contributed by atoms with Gasteiger partial charge in [0, 0.05) is 0 Å². The first kappa shape index (κ1) is 20.8. The van der Waals surface area contributed by atoms with Crippen molar-refractivity contribution in [3.63, 3.8) is 0 Å². The SMILES string of the molecule is C=CC[C@@H]1O[C@@H](CO[Si](c2ccccc2)(c2ccccc2)C(C)(C)C)CC1=C. The highest BCUT2D eigenvalue weighted by Crippen LogP contribution is 2.37. The van der Waals surface area contributed by atoms with Gasteiger partial charge in [-0.2, -0.15) is 0 Å². The molecule has 2 aromatic carbocycles. The molecule has 3 heteroatoms. The Morgan fingerprint density at radius 3 is 2.04 bits per heavy atom. The van der Waals surface area contributed by atoms with E-state index >= 15 is 0 Å². The van der Waals surface area contributed by atoms with E-state index in [2.05, 4.69) is 94.6 Å². The minimum absolute atomic E-state index is 0.0220. The number of hydrogen-bond acceptors (Lipinski definition) is 2. The minimum atomic E-state index is -2.51. The summed E-state index contributed by atoms with van der Waals surface area (Å²) >= 11 is 0. The van der Waals surface area contributed by atoms with E-state index in [1.165, 1.54) is 10.4 Å². The van der Waals surface area contributed by atoms with E-state index in [0.717, 1.165) is 18.4 Å². The fourth-order valence-electron chi connectivity index (χ4n) is 4.25. The molecular weight excluding hydrogens is 360 g/mol. The molecule has 148 valence electrons. The highest BCUT2D eigenvalue weighted by molar-refractivity contribution is 6.99. The van der Waals surface area contributed by atoms with Crippen LogP contribution in [0.1, 0.15) is 33.6 Å². The number of rotatable bonds is 7. The van der Waals surface area contributed by atoms with Gasteiger partial charge in [-0.05, 0) is 33.8 Å². The molecule has 0 N–H and O–H groups in total. The highest BCUT2D eigenvalue weighted by Gasteiger charge is 2.50. The van der Waals surface area contributed by atoms with Crippen molar-refractivity contribution in [3.05, 3.63) is 85.5 Å². The van der Waals surface area contributed by atoms with Crippen molar-refractivity contribution in [2.45, 2.75) is 50.9 Å². The van der Waals surface area contributed by atoms with Crippen LogP contribution in [-0.2, 0) is 9.16 Å². The Kier molecular flexibility index (Phi) is 6.39. The van der Waals surface area contributed by atoms with E-state index in [9.17, 15) is 0 Å². The third-order valence-corrected chi connectivity index (χ3v) is 10.6. The monoisotopic (exact) mass is 392 g/mol. The number of benzene rings is 2. The van der Waals surface area contributed by atoms with Gasteiger partial charge in [-0.3, -0.25) is 0 Å². The van der Waals surface area contributed by atoms with Gasteiger partial charge in [0.1, 0.15) is 0 Å². The maximum atomic E-state index is 6.97. The number of hydrogen-bond donors (Lipinski definition) is 0. The fraction of sp³-hybridized carbons (Fsp3) is 0.360. The summed E-state index contributed by atoms with van der Waals surface area (Å²) in [5.74, 6) is 0. The third kappa shape index (κ3) is 4.07. The van der Waals surface area contributed by atoms with Gasteiger partial charge in [0.15, 0.2) is 0 Å². The second-order valence-corrected chi connectivity index (χ2v) is 12.9. The zero-order valence-corrected chi connectivity index (χ0v) is 18.4. The maximum absolute atomic E-state index is 6.97. The fourth-order valence-corrected chi connectivity index (χ4v) is 8.84. The Labute approximate surface area is 171 Å². The van der Waals surface area contributed by atoms with E-state index in [4.69, 9.17) is 9.16 Å². The van der Waals surface area contributed by atoms with Gasteiger partial charge in [0.2, 0.25) is 0 Å². The van der Waals surface area contributed by atoms with Gasteiger partial charge in [0.25, 0.3) is 8.32 Å². The molecule has 1 aliphatic heterocycles. The molecule has 2 aromatic rings. The van der Waals surface area contributed by atoms with Crippen molar-refractivity contribution >= 4 is 18.7 Å². The van der Waals surface area contributed by atoms with Crippen LogP contribution in [0.4, 0.5) is 0 Å². The lowest BCUT2D eigenvalue weighted by atomic mass is 10.1. The lowest BCUT2D eigenvalue weighted by Crippen LogP contribution is -2.67. The largest absolute Gasteiger partial charge is 0.405 e. The first-order valence-corrected chi connectivity index (χ1v) is 12.0. The highest BCUT2D eigenvalue weighted by atomic mass is 28.4. The van der Waals surface area contributed by atoms with Gasteiger partial charge in [-0.1, -0.05) is 94.1 Å². The number of ether oxygens (including phenoxy) is 1. The summed E-state index contributed by atoms with van der Waals surface area (Å²) in [6.45, 7) is 15.5. The normalized spacial score (nSPS) is 20.3. The molecule has 28 heavy (non-hydrogen) atoms. The predicted octanol–water partition coefficient (Wildman–Crippen LogP) is 4.85. The van der Waals surface area contributed by atoms with E-state index in [0.29, 0.717) is 6.61 Å². The van der Waals surface area contributed by atoms with Crippen LogP contribution in [0.5, 0.6) is 0 Å². The standard InChI is InChI=1S/C25H32O2Si/c1-6-13-24-20(2)18-21(27-24)19-26-28(25(3,4)5,22-14-9-7-10-15-22)23-16-11-8-12-17-23/h6-12,14-17,21,24H,1-2,13,18-19H2,3-5H3/t21-,24+/m1/s1. The molecule has 0 spiro atoms. The van der Waals surface area contributed by atoms with Crippen molar-refractivity contribution in [1.29, 1.82) is 0 Å². The molecule has 1 aliphatic rings. The quantitative estimate of drug-likeness (QED) is 0.495. The molecule has 0 bridgehead atoms. The summed E-state index contributed by atoms with van der Waals surface area (Å²) in [6.07, 6.45) is 3.70. The van der Waals surface area contributed by atoms with E-state index in [1.807, 2.05) is 6.08 Å². The summed E-state index contributed by atoms with van der Waals surface area (Å²) in [5.41, 5.74) is 1.15. The molecule has 1 fully saturated rings. The van der Waals surface area contributed by atoms with Crippen LogP contribution in [0.25, 0.3) is 0 Å². The third-order valence-electron chi connectivity index (χ3n) is 5.59. The molecule has 2 nitrogen and oxygen atoms in total. The zero-order valence-electron chi connectivity index (χ0n) is 17.4. The van der Waals surface area contributed by atoms with Gasteiger partial charge in [0.05, 0.1) is 18.8 Å². The summed E-state index contributed by atoms with van der Waals surface area (Å²) in [4.78, 5) is 0. The maximum Gasteiger partial charge on any atom is 0.261 e. The molecule has 1 heterocycles. The zero-order chi connectivity index (χ0) is 20.2. The molecule has 0 radical (unpaired) electrons. The first-order valence-electron chi connectivity index (χ1n) is 10.1. The van der Waals surface area contributed by atoms with Gasteiger partial charge >= 0.3 is 0 Å². The lowest BCUT2D eigenvalue weighted by Gasteiger charge is -2.43. The molecule has 0 unspecified atom stereocenters. The van der Waals surface area contributed by atoms with Crippen LogP contribution in [0.3, 0.4) is 0 Å². The average Bonchev–Trinajstić information content (AvgIpc) is 3.03. The molecule has 0 amide bonds. The van der Waals surface area contributed by atoms with Crippen molar-refractivity contribution in [3.8, 4) is 0 Å². The molecule has 2 atom stereocenters. The lowest BCUT2D eigenvalue weighted by molar-refractivity contribution is 0.0220. The summed E-state index contributed by atoms with van der Waals surface area (Å²) in [5, 5.41) is 2.58. The van der Waals surface area contributed by atoms with Crippen LogP contribution in [-0.4, -0.2) is 27.1 Å². The van der Waals surface area contributed by atoms with E-state index < -0.39 is 8.32 Å². The Hall–Kier alpha value is -1.94. The van der Waals surface area contributed by atoms with Gasteiger partial charge in [-0.15, -0.1) is 6.58 Å². The Morgan fingerprint density at radius 1 is 1.04 bits per heavy atom. The van der Waals surface area contributed by atoms with E-state index in [1.54, 1.807) is 0 Å². The Morgan fingerprint density at radius 2 is 1.57 bits per heavy atom. The van der Waals surface area contributed by atoms with Gasteiger partial charge < -0.3 is 9.16 Å². The molecular formula is C25H32O2Si. The molecule has 0 aromatic heterocycles. The summed E-state index contributed by atoms with van der Waals surface area (Å²) < 4.78 is 13.2. The van der Waals surface area contributed by atoms with Crippen molar-refractivity contribution in [1.82, 2.24) is 0 Å². The van der Waals surface area contributed by atoms with Crippen molar-refractivity contribution in [2.75, 3.05) is 6.61 Å². The summed E-state index contributed by atoms with van der Waals surface area (Å²) in [7, 11) is -2.51. The van der Waals surface area contributed by atoms with Crippen molar-refractivity contribution < 1.29 is 9.16 Å². The van der Waals surface area contributed by atoms with Gasteiger partial charge in [-0.25, -0.2) is 0 Å². The van der Waals surface area contributed by atoms with E-state index in [-0.39, 0.29) is 17.2 Å². The van der Waals surface area contributed by atoms with Crippen LogP contribution < -0.4 is 10.4 Å².